The molecule has 6 bridgehead atoms. The van der Waals surface area contributed by atoms with Crippen LogP contribution >= 0.6 is 0 Å². The lowest BCUT2D eigenvalue weighted by atomic mass is 9.77. The van der Waals surface area contributed by atoms with E-state index in [0.717, 1.165) is 58.8 Å². The number of phenolic OH excluding ortho intramolecular Hbond substituents is 1. The minimum absolute atomic E-state index is 0.0446. The molecule has 4 unspecified atom stereocenters. The first-order valence-electron chi connectivity index (χ1n) is 20.6. The number of anilines is 1. The Hall–Kier alpha value is -5.43. The van der Waals surface area contributed by atoms with Crippen LogP contribution in [-0.2, 0) is 35.4 Å². The highest BCUT2D eigenvalue weighted by atomic mass is 16.5. The molecule has 0 fully saturated rings. The maximum atomic E-state index is 13.7. The zero-order chi connectivity index (χ0) is 40.9. The monoisotopic (exact) mass is 787 g/mol. The van der Waals surface area contributed by atoms with Gasteiger partial charge in [-0.15, -0.1) is 0 Å². The van der Waals surface area contributed by atoms with Crippen molar-refractivity contribution in [2.75, 3.05) is 25.6 Å². The highest BCUT2D eigenvalue weighted by Gasteiger charge is 2.29. The molecular weight excluding hydrogens is 731 g/mol. The Labute approximate surface area is 342 Å². The number of aryl methyl sites for hydroxylation is 2. The van der Waals surface area contributed by atoms with Crippen LogP contribution in [0.2, 0.25) is 0 Å². The summed E-state index contributed by atoms with van der Waals surface area (Å²) in [5.74, 6) is 4.75. The third kappa shape index (κ3) is 11.8. The molecular formula is C49H57NO8. The summed E-state index contributed by atoms with van der Waals surface area (Å²) >= 11 is 0. The van der Waals surface area contributed by atoms with Crippen molar-refractivity contribution >= 4 is 22.2 Å². The van der Waals surface area contributed by atoms with Crippen molar-refractivity contribution in [1.29, 1.82) is 0 Å². The first-order chi connectivity index (χ1) is 28.2. The second kappa shape index (κ2) is 20.8. The largest absolute Gasteiger partial charge is 0.508 e. The number of aromatic hydroxyl groups is 1. The van der Waals surface area contributed by atoms with E-state index in [9.17, 15) is 25.2 Å². The van der Waals surface area contributed by atoms with Crippen molar-refractivity contribution in [1.82, 2.24) is 0 Å². The Morgan fingerprint density at radius 1 is 0.931 bits per heavy atom. The number of unbranched alkanes of at least 4 members (excludes halogenated alkanes) is 1. The van der Waals surface area contributed by atoms with Gasteiger partial charge in [0.2, 0.25) is 0 Å². The highest BCUT2D eigenvalue weighted by molar-refractivity contribution is 5.88. The predicted molar refractivity (Wildman–Crippen MR) is 228 cm³/mol. The number of aliphatic hydroxyl groups excluding tert-OH is 3. The first kappa shape index (κ1) is 42.2. The van der Waals surface area contributed by atoms with Gasteiger partial charge in [0.25, 0.3) is 0 Å². The summed E-state index contributed by atoms with van der Waals surface area (Å²) in [6.07, 6.45) is 12.6. The number of ketones is 1. The van der Waals surface area contributed by atoms with Gasteiger partial charge in [0.15, 0.2) is 11.5 Å². The summed E-state index contributed by atoms with van der Waals surface area (Å²) in [5.41, 5.74) is 5.68. The molecule has 2 heterocycles. The van der Waals surface area contributed by atoms with Crippen molar-refractivity contribution in [2.45, 2.75) is 96.4 Å². The zero-order valence-electron chi connectivity index (χ0n) is 33.7. The molecule has 2 aliphatic heterocycles. The first-order valence-corrected chi connectivity index (χ1v) is 20.6. The number of aliphatic hydroxyl groups is 3. The topological polar surface area (TPSA) is 138 Å². The molecule has 0 saturated heterocycles. The second-order valence-corrected chi connectivity index (χ2v) is 15.6. The molecule has 5 N–H and O–H groups in total. The molecule has 4 atom stereocenters. The molecule has 1 aliphatic carbocycles. The fourth-order valence-electron chi connectivity index (χ4n) is 7.96. The molecule has 58 heavy (non-hydrogen) atoms. The van der Waals surface area contributed by atoms with E-state index < -0.39 is 12.2 Å². The Balaban J connectivity index is 1.21. The van der Waals surface area contributed by atoms with E-state index in [4.69, 9.17) is 14.2 Å². The third-order valence-electron chi connectivity index (χ3n) is 11.1. The number of rotatable bonds is 14. The van der Waals surface area contributed by atoms with Gasteiger partial charge in [0, 0.05) is 43.7 Å². The SMILES string of the molecule is COc1ccc2cc1OCc1ccc3c(c(O)ccc3c1)CC#COC(CC1C=C(O)C(CCCO)=CC1CCCCc1cccc(NCC(C)O)c1)CC(=O)CC2. The van der Waals surface area contributed by atoms with E-state index in [1.165, 1.54) is 5.56 Å². The van der Waals surface area contributed by atoms with Gasteiger partial charge in [-0.25, -0.2) is 0 Å². The number of carbonyl (C=O) groups excluding carboxylic acids is 1. The van der Waals surface area contributed by atoms with Crippen LogP contribution in [0.3, 0.4) is 0 Å². The molecule has 9 heteroatoms. The fraction of sp³-hybridized carbons (Fsp3) is 0.408. The van der Waals surface area contributed by atoms with Crippen LogP contribution in [-0.4, -0.2) is 58.7 Å². The Bertz CT molecular complexity index is 2140. The van der Waals surface area contributed by atoms with Gasteiger partial charge in [0.1, 0.15) is 36.1 Å². The summed E-state index contributed by atoms with van der Waals surface area (Å²) in [6.45, 7) is 2.62. The standard InChI is InChI=1S/C49H57NO8/c1-33(52)31-50-41-12-5-9-34(25-41)8-3-4-10-37-27-39(11-6-22-51)47(55)29-40(37)28-43-30-42(53)18-14-35-16-21-48(56-2)49(26-35)58-32-36-15-19-44-38(24-36)17-20-46(54)45(44)13-7-23-57-43/h5,9,12,15-17,19-21,24-27,29,33,37,40,43,50-52,54-55H,3-4,6,8,10-11,13-14,18,22,28,30-32H2,1-2H3. The number of nitrogens with one attached hydrogen (secondary N) is 1. The maximum absolute atomic E-state index is 13.7. The van der Waals surface area contributed by atoms with E-state index in [1.807, 2.05) is 60.7 Å². The highest BCUT2D eigenvalue weighted by Crippen LogP contribution is 2.37. The molecule has 0 spiro atoms. The van der Waals surface area contributed by atoms with Crippen LogP contribution in [0.25, 0.3) is 10.8 Å². The number of hydrogen-bond acceptors (Lipinski definition) is 9. The summed E-state index contributed by atoms with van der Waals surface area (Å²) in [5, 5.41) is 46.4. The Morgan fingerprint density at radius 2 is 1.79 bits per heavy atom. The van der Waals surface area contributed by atoms with Crippen LogP contribution in [0.1, 0.15) is 80.5 Å². The number of carbonyl (C=O) groups is 1. The van der Waals surface area contributed by atoms with Gasteiger partial charge in [-0.05, 0) is 139 Å². The van der Waals surface area contributed by atoms with Crippen LogP contribution in [0, 0.1) is 23.9 Å². The molecule has 7 rings (SSSR count). The lowest BCUT2D eigenvalue weighted by Crippen LogP contribution is -2.25. The van der Waals surface area contributed by atoms with Crippen LogP contribution in [0.5, 0.6) is 17.2 Å². The second-order valence-electron chi connectivity index (χ2n) is 15.6. The summed E-state index contributed by atoms with van der Waals surface area (Å²) in [4.78, 5) is 13.7. The number of fused-ring (bicyclic) bond motifs is 9. The Morgan fingerprint density at radius 3 is 2.62 bits per heavy atom. The molecule has 0 amide bonds. The van der Waals surface area contributed by atoms with Crippen LogP contribution < -0.4 is 14.8 Å². The van der Waals surface area contributed by atoms with Gasteiger partial charge in [-0.2, -0.15) is 0 Å². The third-order valence-corrected chi connectivity index (χ3v) is 11.1. The average molecular weight is 788 g/mol. The number of methoxy groups -OCH3 is 1. The Kier molecular flexibility index (Phi) is 15.1. The van der Waals surface area contributed by atoms with Crippen molar-refractivity contribution in [3.63, 3.8) is 0 Å². The van der Waals surface area contributed by atoms with E-state index >= 15 is 0 Å². The minimum atomic E-state index is -0.527. The van der Waals surface area contributed by atoms with Crippen molar-refractivity contribution in [3.8, 4) is 29.3 Å². The molecule has 3 aliphatic rings. The molecule has 4 aromatic rings. The lowest BCUT2D eigenvalue weighted by molar-refractivity contribution is -0.121. The van der Waals surface area contributed by atoms with Crippen molar-refractivity contribution < 1.29 is 39.4 Å². The normalized spacial score (nSPS) is 19.0. The number of allylic oxidation sites excluding steroid dienone is 3. The molecule has 4 aromatic carbocycles. The van der Waals surface area contributed by atoms with Gasteiger partial charge in [-0.3, -0.25) is 4.79 Å². The lowest BCUT2D eigenvalue weighted by Gasteiger charge is -2.30. The number of phenols is 1. The fourth-order valence-corrected chi connectivity index (χ4v) is 7.96. The predicted octanol–water partition coefficient (Wildman–Crippen LogP) is 8.91. The molecule has 9 nitrogen and oxygen atoms in total. The van der Waals surface area contributed by atoms with Gasteiger partial charge in [-0.1, -0.05) is 54.8 Å². The number of hydrogen-bond donors (Lipinski definition) is 5. The molecule has 306 valence electrons. The van der Waals surface area contributed by atoms with E-state index in [1.54, 1.807) is 20.1 Å². The summed E-state index contributed by atoms with van der Waals surface area (Å²) in [6, 6.07) is 23.6. The van der Waals surface area contributed by atoms with E-state index in [-0.39, 0.29) is 48.6 Å². The maximum Gasteiger partial charge on any atom is 0.161 e. The quantitative estimate of drug-likeness (QED) is 0.0627. The van der Waals surface area contributed by atoms with Gasteiger partial charge in [0.05, 0.1) is 13.2 Å². The van der Waals surface area contributed by atoms with Crippen molar-refractivity contribution in [2.24, 2.45) is 11.8 Å². The number of Topliss-reactive ketones (excluding diaryl/α,β-unsaturated/α-hetero) is 1. The van der Waals surface area contributed by atoms with Gasteiger partial charge >= 0.3 is 0 Å². The number of ether oxygens (including phenoxy) is 3. The van der Waals surface area contributed by atoms with E-state index in [0.29, 0.717) is 62.3 Å². The van der Waals surface area contributed by atoms with Gasteiger partial charge < -0.3 is 40.0 Å². The molecule has 0 radical (unpaired) electrons. The van der Waals surface area contributed by atoms with Crippen molar-refractivity contribution in [3.05, 3.63) is 119 Å². The van der Waals surface area contributed by atoms with E-state index in [2.05, 4.69) is 35.6 Å². The number of benzene rings is 4. The smallest absolute Gasteiger partial charge is 0.161 e. The average Bonchev–Trinajstić information content (AvgIpc) is 3.22. The summed E-state index contributed by atoms with van der Waals surface area (Å²) in [7, 11) is 1.61. The van der Waals surface area contributed by atoms with Crippen LogP contribution in [0.15, 0.2) is 96.3 Å². The summed E-state index contributed by atoms with van der Waals surface area (Å²) < 4.78 is 18.1. The molecule has 0 saturated carbocycles. The molecule has 0 aromatic heterocycles. The minimum Gasteiger partial charge on any atom is -0.508 e. The van der Waals surface area contributed by atoms with Crippen LogP contribution in [0.4, 0.5) is 5.69 Å². The zero-order valence-corrected chi connectivity index (χ0v) is 33.7.